The quantitative estimate of drug-likeness (QED) is 0.731. The third kappa shape index (κ3) is 4.87. The van der Waals surface area contributed by atoms with Gasteiger partial charge in [0.05, 0.1) is 10.4 Å². The van der Waals surface area contributed by atoms with Crippen LogP contribution in [0.3, 0.4) is 0 Å². The lowest BCUT2D eigenvalue weighted by Gasteiger charge is -2.32. The minimum absolute atomic E-state index is 0.00470. The Morgan fingerprint density at radius 1 is 1.21 bits per heavy atom. The summed E-state index contributed by atoms with van der Waals surface area (Å²) in [4.78, 5) is 11.4. The zero-order valence-electron chi connectivity index (χ0n) is 15.7. The lowest BCUT2D eigenvalue weighted by molar-refractivity contribution is -0.136. The summed E-state index contributed by atoms with van der Waals surface area (Å²) in [6.07, 6.45) is -5.79. The summed E-state index contributed by atoms with van der Waals surface area (Å²) in [5, 5.41) is 3.02. The first-order valence-corrected chi connectivity index (χ1v) is 10.4. The van der Waals surface area contributed by atoms with Crippen LogP contribution >= 0.6 is 11.6 Å². The second-order valence-corrected chi connectivity index (χ2v) is 9.31. The predicted molar refractivity (Wildman–Crippen MR) is 102 cm³/mol. The Labute approximate surface area is 167 Å². The highest BCUT2D eigenvalue weighted by molar-refractivity contribution is 7.98. The normalized spacial score (nSPS) is 19.1. The first-order valence-electron chi connectivity index (χ1n) is 8.60. The second kappa shape index (κ2) is 8.04. The van der Waals surface area contributed by atoms with Crippen LogP contribution in [0.4, 0.5) is 13.2 Å². The lowest BCUT2D eigenvalue weighted by atomic mass is 9.91. The van der Waals surface area contributed by atoms with E-state index in [1.54, 1.807) is 13.8 Å². The summed E-state index contributed by atoms with van der Waals surface area (Å²) in [6.45, 7) is 4.24. The number of amides is 1. The van der Waals surface area contributed by atoms with Crippen molar-refractivity contribution in [3.63, 3.8) is 0 Å². The van der Waals surface area contributed by atoms with Crippen LogP contribution < -0.4 is 5.32 Å². The standard InChI is InChI=1S/C18H22ClF3N2O3S/c1-12(25)23-11-15-16(13-5-7-14(19)8-6-13)28(26,27)24(17(15,2)3)10-4-9-18(20,21)22/h5-8H,4,9-11H2,1-3H3,(H,23,25). The van der Waals surface area contributed by atoms with Gasteiger partial charge in [-0.1, -0.05) is 23.7 Å². The molecule has 28 heavy (non-hydrogen) atoms. The molecule has 0 unspecified atom stereocenters. The third-order valence-corrected chi connectivity index (χ3v) is 7.10. The minimum atomic E-state index is -4.36. The predicted octanol–water partition coefficient (Wildman–Crippen LogP) is 3.95. The van der Waals surface area contributed by atoms with Crippen molar-refractivity contribution >= 4 is 32.4 Å². The summed E-state index contributed by atoms with van der Waals surface area (Å²) in [6, 6.07) is 6.15. The van der Waals surface area contributed by atoms with Crippen molar-refractivity contribution in [2.45, 2.75) is 45.3 Å². The Kier molecular flexibility index (Phi) is 6.52. The monoisotopic (exact) mass is 438 g/mol. The van der Waals surface area contributed by atoms with Gasteiger partial charge >= 0.3 is 6.18 Å². The molecule has 1 amide bonds. The Bertz CT molecular complexity index is 878. The molecular weight excluding hydrogens is 417 g/mol. The molecule has 0 aromatic heterocycles. The Hall–Kier alpha value is -1.58. The summed E-state index contributed by atoms with van der Waals surface area (Å²) in [5.74, 6) is -0.341. The van der Waals surface area contributed by atoms with Gasteiger partial charge in [0.25, 0.3) is 0 Å². The van der Waals surface area contributed by atoms with Crippen LogP contribution in [0.1, 0.15) is 39.2 Å². The molecular formula is C18H22ClF3N2O3S. The fourth-order valence-corrected chi connectivity index (χ4v) is 5.75. The largest absolute Gasteiger partial charge is 0.389 e. The highest BCUT2D eigenvalue weighted by Crippen LogP contribution is 2.45. The van der Waals surface area contributed by atoms with Crippen molar-refractivity contribution in [3.05, 3.63) is 40.4 Å². The number of carbonyl (C=O) groups is 1. The van der Waals surface area contributed by atoms with E-state index >= 15 is 0 Å². The number of sulfonamides is 1. The Morgan fingerprint density at radius 3 is 2.29 bits per heavy atom. The SMILES string of the molecule is CC(=O)NCC1=C(c2ccc(Cl)cc2)S(=O)(=O)N(CCCC(F)(F)F)C1(C)C. The number of benzene rings is 1. The molecule has 1 aromatic rings. The van der Waals surface area contributed by atoms with Gasteiger partial charge in [-0.15, -0.1) is 0 Å². The zero-order chi connectivity index (χ0) is 21.3. The average Bonchev–Trinajstić information content (AvgIpc) is 2.69. The molecule has 1 heterocycles. The van der Waals surface area contributed by atoms with Crippen LogP contribution in [0.5, 0.6) is 0 Å². The van der Waals surface area contributed by atoms with Crippen LogP contribution in [0, 0.1) is 0 Å². The van der Waals surface area contributed by atoms with Gasteiger partial charge in [0.2, 0.25) is 15.9 Å². The van der Waals surface area contributed by atoms with Crippen molar-refractivity contribution in [1.29, 1.82) is 0 Å². The van der Waals surface area contributed by atoms with Gasteiger partial charge in [0.15, 0.2) is 0 Å². The first-order chi connectivity index (χ1) is 12.8. The van der Waals surface area contributed by atoms with E-state index in [9.17, 15) is 26.4 Å². The van der Waals surface area contributed by atoms with Crippen LogP contribution in [0.25, 0.3) is 4.91 Å². The molecule has 156 valence electrons. The van der Waals surface area contributed by atoms with Crippen molar-refractivity contribution in [2.24, 2.45) is 0 Å². The summed E-state index contributed by atoms with van der Waals surface area (Å²) < 4.78 is 65.2. The van der Waals surface area contributed by atoms with Crippen molar-refractivity contribution < 1.29 is 26.4 Å². The lowest BCUT2D eigenvalue weighted by Crippen LogP contribution is -2.45. The fraction of sp³-hybridized carbons (Fsp3) is 0.500. The highest BCUT2D eigenvalue weighted by Gasteiger charge is 2.50. The van der Waals surface area contributed by atoms with Crippen LogP contribution in [0.15, 0.2) is 29.8 Å². The zero-order valence-corrected chi connectivity index (χ0v) is 17.3. The number of alkyl halides is 3. The number of carbonyl (C=O) groups excluding carboxylic acids is 1. The average molecular weight is 439 g/mol. The van der Waals surface area contributed by atoms with Gasteiger partial charge in [0.1, 0.15) is 0 Å². The van der Waals surface area contributed by atoms with Crippen LogP contribution in [-0.2, 0) is 14.8 Å². The van der Waals surface area contributed by atoms with E-state index in [2.05, 4.69) is 5.32 Å². The van der Waals surface area contributed by atoms with E-state index in [4.69, 9.17) is 11.6 Å². The summed E-state index contributed by atoms with van der Waals surface area (Å²) >= 11 is 5.89. The maximum absolute atomic E-state index is 13.2. The van der Waals surface area contributed by atoms with Crippen LogP contribution in [-0.4, -0.2) is 43.4 Å². The van der Waals surface area contributed by atoms with E-state index in [1.165, 1.54) is 31.2 Å². The van der Waals surface area contributed by atoms with E-state index in [0.29, 0.717) is 16.2 Å². The number of nitrogens with one attached hydrogen (secondary N) is 1. The van der Waals surface area contributed by atoms with E-state index in [-0.39, 0.29) is 30.3 Å². The molecule has 0 saturated heterocycles. The van der Waals surface area contributed by atoms with Crippen molar-refractivity contribution in [2.75, 3.05) is 13.1 Å². The minimum Gasteiger partial charge on any atom is -0.352 e. The molecule has 0 fully saturated rings. The Balaban J connectivity index is 2.49. The third-order valence-electron chi connectivity index (χ3n) is 4.63. The topological polar surface area (TPSA) is 66.5 Å². The van der Waals surface area contributed by atoms with E-state index in [0.717, 1.165) is 4.31 Å². The molecule has 2 rings (SSSR count). The molecule has 1 aliphatic rings. The van der Waals surface area contributed by atoms with Gasteiger partial charge in [-0.25, -0.2) is 8.42 Å². The van der Waals surface area contributed by atoms with Crippen molar-refractivity contribution in [3.8, 4) is 0 Å². The summed E-state index contributed by atoms with van der Waals surface area (Å²) in [7, 11) is -4.06. The van der Waals surface area contributed by atoms with Gasteiger partial charge in [-0.3, -0.25) is 4.79 Å². The fourth-order valence-electron chi connectivity index (χ4n) is 3.25. The molecule has 0 saturated carbocycles. The summed E-state index contributed by atoms with van der Waals surface area (Å²) in [5.41, 5.74) is -0.310. The van der Waals surface area contributed by atoms with E-state index < -0.39 is 28.2 Å². The molecule has 5 nitrogen and oxygen atoms in total. The van der Waals surface area contributed by atoms with Gasteiger partial charge in [-0.2, -0.15) is 17.5 Å². The number of nitrogens with zero attached hydrogens (tertiary/aromatic N) is 1. The first kappa shape index (κ1) is 22.7. The number of rotatable bonds is 6. The molecule has 0 spiro atoms. The molecule has 0 bridgehead atoms. The molecule has 0 radical (unpaired) electrons. The van der Waals surface area contributed by atoms with Gasteiger partial charge < -0.3 is 5.32 Å². The molecule has 1 aromatic carbocycles. The number of hydrogen-bond acceptors (Lipinski definition) is 3. The van der Waals surface area contributed by atoms with Crippen LogP contribution in [0.2, 0.25) is 5.02 Å². The molecule has 0 atom stereocenters. The number of hydrogen-bond donors (Lipinski definition) is 1. The maximum atomic E-state index is 13.2. The van der Waals surface area contributed by atoms with Gasteiger partial charge in [-0.05, 0) is 43.5 Å². The van der Waals surface area contributed by atoms with Gasteiger partial charge in [0, 0.05) is 31.5 Å². The smallest absolute Gasteiger partial charge is 0.352 e. The molecule has 10 heteroatoms. The van der Waals surface area contributed by atoms with Crippen molar-refractivity contribution in [1.82, 2.24) is 9.62 Å². The second-order valence-electron chi connectivity index (χ2n) is 7.08. The molecule has 0 aliphatic carbocycles. The molecule has 1 aliphatic heterocycles. The maximum Gasteiger partial charge on any atom is 0.389 e. The molecule has 1 N–H and O–H groups in total. The van der Waals surface area contributed by atoms with E-state index in [1.807, 2.05) is 0 Å². The highest BCUT2D eigenvalue weighted by atomic mass is 35.5. The Morgan fingerprint density at radius 2 is 1.79 bits per heavy atom. The number of halogens is 4.